The van der Waals surface area contributed by atoms with E-state index >= 15 is 0 Å². The quantitative estimate of drug-likeness (QED) is 0.140. The first kappa shape index (κ1) is 52.6. The van der Waals surface area contributed by atoms with Crippen LogP contribution in [-0.2, 0) is 10.2 Å². The lowest BCUT2D eigenvalue weighted by atomic mass is 9.31. The summed E-state index contributed by atoms with van der Waals surface area (Å²) in [5.74, 6) is 0. The predicted molar refractivity (Wildman–Crippen MR) is 391 cm³/mol. The molecule has 0 saturated carbocycles. The van der Waals surface area contributed by atoms with Gasteiger partial charge in [0, 0.05) is 83.5 Å². The van der Waals surface area contributed by atoms with Crippen molar-refractivity contribution >= 4 is 136 Å². The van der Waals surface area contributed by atoms with Crippen LogP contribution in [0.3, 0.4) is 0 Å². The molecule has 92 heavy (non-hydrogen) atoms. The minimum Gasteiger partial charge on any atom is -0.311 e. The highest BCUT2D eigenvalue weighted by Crippen LogP contribution is 2.87. The molecule has 0 aromatic heterocycles. The number of para-hydroxylation sites is 6. The van der Waals surface area contributed by atoms with Crippen LogP contribution in [-0.4, -0.2) is 19.7 Å². The monoisotopic (exact) mass is 1210 g/mol. The summed E-state index contributed by atoms with van der Waals surface area (Å²) in [4.78, 5) is 16.0. The van der Waals surface area contributed by atoms with E-state index in [9.17, 15) is 0 Å². The molecule has 13 aromatic carbocycles. The van der Waals surface area contributed by atoms with Crippen molar-refractivity contribution in [3.63, 3.8) is 0 Å². The molecule has 20 rings (SSSR count). The summed E-state index contributed by atoms with van der Waals surface area (Å²) < 4.78 is -0.218. The number of nitrogens with zero attached hydrogens (tertiary/aromatic N) is 4. The van der Waals surface area contributed by atoms with Crippen LogP contribution in [0.25, 0.3) is 22.3 Å². The lowest BCUT2D eigenvalue weighted by Crippen LogP contribution is -2.66. The minimum absolute atomic E-state index is 0.00560. The highest BCUT2D eigenvalue weighted by atomic mass is 32.3. The Morgan fingerprint density at radius 1 is 0.359 bits per heavy atom. The third-order valence-electron chi connectivity index (χ3n) is 21.8. The van der Waals surface area contributed by atoms with Gasteiger partial charge in [-0.1, -0.05) is 206 Å². The van der Waals surface area contributed by atoms with E-state index < -0.39 is 10.0 Å². The van der Waals surface area contributed by atoms with Gasteiger partial charge >= 0.3 is 0 Å². The molecule has 0 spiro atoms. The van der Waals surface area contributed by atoms with Crippen LogP contribution in [0.5, 0.6) is 0 Å². The van der Waals surface area contributed by atoms with E-state index in [2.05, 4.69) is 338 Å². The highest BCUT2D eigenvalue weighted by Gasteiger charge is 2.66. The number of rotatable bonds is 8. The predicted octanol–water partition coefficient (Wildman–Crippen LogP) is 18.4. The maximum Gasteiger partial charge on any atom is 0.249 e. The van der Waals surface area contributed by atoms with Gasteiger partial charge in [-0.05, 0) is 211 Å². The number of benzene rings is 13. The van der Waals surface area contributed by atoms with Crippen LogP contribution in [0.15, 0.2) is 311 Å². The number of fused-ring (bicyclic) bond motifs is 17. The van der Waals surface area contributed by atoms with Crippen LogP contribution in [0.1, 0.15) is 43.0 Å². The molecule has 13 aromatic rings. The third kappa shape index (κ3) is 6.78. The van der Waals surface area contributed by atoms with Gasteiger partial charge in [-0.25, -0.2) is 0 Å². The van der Waals surface area contributed by atoms with Crippen LogP contribution in [0, 0.1) is 0 Å². The molecule has 0 saturated heterocycles. The van der Waals surface area contributed by atoms with Gasteiger partial charge in [0.05, 0.1) is 4.75 Å². The fraction of sp³-hybridized carbons (Fsp3) is 0.0714. The smallest absolute Gasteiger partial charge is 0.249 e. The Morgan fingerprint density at radius 2 is 0.793 bits per heavy atom. The fourth-order valence-corrected chi connectivity index (χ4v) is 23.8. The van der Waals surface area contributed by atoms with Gasteiger partial charge in [0.25, 0.3) is 0 Å². The first-order valence-electron chi connectivity index (χ1n) is 32.2. The van der Waals surface area contributed by atoms with E-state index in [1.807, 2.05) is 11.8 Å². The SMILES string of the molecule is CC1(C)c2cc(N(c3ccccc3)c3ccccc3)ccc2-c2cc3c4c(c21)Sc1ccccc1B4c1cc2c(cc1N3c1ccccc1)N(c1ccccc1)c1cc3c4c5c1B2c1ccccc1S5(C)C4(C)c1cc(N(c2ccccc2)c2ccccc2)ccc1-3. The lowest BCUT2D eigenvalue weighted by molar-refractivity contribution is 0.648. The second-order valence-electron chi connectivity index (χ2n) is 26.5. The van der Waals surface area contributed by atoms with E-state index in [1.54, 1.807) is 4.90 Å². The highest BCUT2D eigenvalue weighted by molar-refractivity contribution is 8.35. The van der Waals surface area contributed by atoms with Gasteiger partial charge < -0.3 is 19.6 Å². The zero-order chi connectivity index (χ0) is 60.9. The first-order chi connectivity index (χ1) is 45.2. The summed E-state index contributed by atoms with van der Waals surface area (Å²) in [5.41, 5.74) is 33.4. The van der Waals surface area contributed by atoms with E-state index in [0.29, 0.717) is 0 Å². The molecular formula is C84H60B2N4S2. The summed E-state index contributed by atoms with van der Waals surface area (Å²) in [6.45, 7) is 7.54. The average molecular weight is 1210 g/mol. The normalized spacial score (nSPS) is 18.3. The standard InChI is InChI=1S/C84H60B2N4S2/c1-83(2)65-47-59(87(53-27-11-5-12-28-53)54-29-13-6-14-30-54)43-45-61(65)63-49-73-79-81(77(63)83)91-75-41-25-23-39-67(75)85(79)69-51-70-72(52-71(69)89(73)57-35-19-9-20-36-57)90(58-37-21-10-22-38-58)74-50-64-62-46-44-60(88(55-31-15-7-16-32-55)56-33-17-8-18-34-56)48-66(62)84(3)78(64)82-80(74)86(70)68-40-24-26-42-76(68)92(82,84)4/h5-52H,1-4H3. The van der Waals surface area contributed by atoms with E-state index in [-0.39, 0.29) is 23.6 Å². The second kappa shape index (κ2) is 19.0. The zero-order valence-corrected chi connectivity index (χ0v) is 53.1. The van der Waals surface area contributed by atoms with Crippen molar-refractivity contribution in [2.45, 2.75) is 50.5 Å². The van der Waals surface area contributed by atoms with E-state index in [0.717, 1.165) is 34.1 Å². The number of hydrogen-bond acceptors (Lipinski definition) is 5. The summed E-state index contributed by atoms with van der Waals surface area (Å²) in [6.07, 6.45) is 2.67. The summed E-state index contributed by atoms with van der Waals surface area (Å²) in [6, 6.07) is 110. The first-order valence-corrected chi connectivity index (χ1v) is 35.1. The van der Waals surface area contributed by atoms with Gasteiger partial charge in [0.15, 0.2) is 0 Å². The van der Waals surface area contributed by atoms with Gasteiger partial charge in [-0.3, -0.25) is 0 Å². The third-order valence-corrected chi connectivity index (χ3v) is 27.5. The summed E-state index contributed by atoms with van der Waals surface area (Å²) >= 11 is 1.99. The second-order valence-corrected chi connectivity index (χ2v) is 31.1. The Morgan fingerprint density at radius 3 is 1.34 bits per heavy atom. The van der Waals surface area contributed by atoms with Crippen LogP contribution < -0.4 is 52.4 Å². The molecule has 2 unspecified atom stereocenters. The molecule has 0 radical (unpaired) electrons. The number of hydrogen-bond donors (Lipinski definition) is 0. The molecule has 7 aliphatic rings. The van der Waals surface area contributed by atoms with Gasteiger partial charge in [-0.2, -0.15) is 10.0 Å². The molecule has 0 fully saturated rings. The van der Waals surface area contributed by atoms with Crippen LogP contribution in [0.4, 0.5) is 68.2 Å². The van der Waals surface area contributed by atoms with Crippen molar-refractivity contribution in [2.24, 2.45) is 0 Å². The van der Waals surface area contributed by atoms with Crippen molar-refractivity contribution in [3.8, 4) is 22.3 Å². The Labute approximate surface area is 544 Å². The van der Waals surface area contributed by atoms with Crippen molar-refractivity contribution in [2.75, 3.05) is 25.9 Å². The molecule has 0 amide bonds. The summed E-state index contributed by atoms with van der Waals surface area (Å²) in [5, 5.41) is 0. The van der Waals surface area contributed by atoms with Gasteiger partial charge in [-0.15, -0.1) is 0 Å². The topological polar surface area (TPSA) is 13.0 Å². The minimum atomic E-state index is -1.69. The Hall–Kier alpha value is -10.1. The van der Waals surface area contributed by atoms with Gasteiger partial charge in [0.2, 0.25) is 13.4 Å². The van der Waals surface area contributed by atoms with Crippen LogP contribution >= 0.6 is 21.8 Å². The molecule has 8 heteroatoms. The largest absolute Gasteiger partial charge is 0.311 e. The maximum atomic E-state index is 2.71. The molecule has 5 heterocycles. The van der Waals surface area contributed by atoms with E-state index in [4.69, 9.17) is 0 Å². The lowest BCUT2D eigenvalue weighted by Gasteiger charge is -2.65. The van der Waals surface area contributed by atoms with Crippen molar-refractivity contribution < 1.29 is 0 Å². The molecular weight excluding hydrogens is 1150 g/mol. The molecule has 0 N–H and O–H groups in total. The van der Waals surface area contributed by atoms with Crippen LogP contribution in [0.2, 0.25) is 0 Å². The molecule has 434 valence electrons. The Bertz CT molecular complexity index is 5220. The number of anilines is 12. The molecule has 2 atom stereocenters. The molecule has 0 bridgehead atoms. The summed E-state index contributed by atoms with van der Waals surface area (Å²) in [7, 11) is -1.69. The van der Waals surface area contributed by atoms with Crippen molar-refractivity contribution in [3.05, 3.63) is 313 Å². The molecule has 2 aliphatic carbocycles. The maximum absolute atomic E-state index is 2.71. The average Bonchev–Trinajstić information content (AvgIpc) is 1.32. The zero-order valence-electron chi connectivity index (χ0n) is 51.5. The Kier molecular flexibility index (Phi) is 10.9. The van der Waals surface area contributed by atoms with Crippen molar-refractivity contribution in [1.29, 1.82) is 0 Å². The fourth-order valence-electron chi connectivity index (χ4n) is 17.8. The molecule has 5 aliphatic heterocycles. The Balaban J connectivity index is 0.830. The molecule has 4 nitrogen and oxygen atoms in total. The van der Waals surface area contributed by atoms with E-state index in [1.165, 1.54) is 126 Å². The van der Waals surface area contributed by atoms with Gasteiger partial charge in [0.1, 0.15) is 0 Å². The van der Waals surface area contributed by atoms with Crippen molar-refractivity contribution in [1.82, 2.24) is 0 Å².